The molecule has 6 heteroatoms. The van der Waals surface area contributed by atoms with Crippen LogP contribution >= 0.6 is 0 Å². The summed E-state index contributed by atoms with van der Waals surface area (Å²) in [6.45, 7) is 8.86. The summed E-state index contributed by atoms with van der Waals surface area (Å²) in [5, 5.41) is 2.69. The van der Waals surface area contributed by atoms with Crippen molar-refractivity contribution in [1.82, 2.24) is 5.32 Å². The van der Waals surface area contributed by atoms with Crippen LogP contribution in [0.5, 0.6) is 0 Å². The summed E-state index contributed by atoms with van der Waals surface area (Å²) < 4.78 is 10.6. The van der Waals surface area contributed by atoms with Gasteiger partial charge in [0, 0.05) is 13.0 Å². The second kappa shape index (κ2) is 6.86. The monoisotopic (exact) mass is 347 g/mol. The molecule has 25 heavy (non-hydrogen) atoms. The van der Waals surface area contributed by atoms with Crippen LogP contribution in [-0.2, 0) is 25.5 Å². The van der Waals surface area contributed by atoms with Gasteiger partial charge in [0.1, 0.15) is 5.60 Å². The third-order valence-corrected chi connectivity index (χ3v) is 3.84. The number of hydrogen-bond donors (Lipinski definition) is 1. The van der Waals surface area contributed by atoms with Crippen molar-refractivity contribution in [3.05, 3.63) is 35.4 Å². The Labute approximate surface area is 147 Å². The van der Waals surface area contributed by atoms with Gasteiger partial charge in [-0.1, -0.05) is 18.2 Å². The molecule has 1 aliphatic rings. The number of carbonyl (C=O) groups is 3. The minimum atomic E-state index is -0.892. The van der Waals surface area contributed by atoms with Crippen LogP contribution < -0.4 is 5.32 Å². The Morgan fingerprint density at radius 3 is 2.48 bits per heavy atom. The van der Waals surface area contributed by atoms with Gasteiger partial charge in [-0.3, -0.25) is 9.59 Å². The third kappa shape index (κ3) is 4.81. The van der Waals surface area contributed by atoms with E-state index in [4.69, 9.17) is 9.47 Å². The van der Waals surface area contributed by atoms with Crippen LogP contribution in [0.25, 0.3) is 0 Å². The molecule has 1 N–H and O–H groups in total. The van der Waals surface area contributed by atoms with Gasteiger partial charge in [0.2, 0.25) is 0 Å². The highest BCUT2D eigenvalue weighted by Crippen LogP contribution is 2.22. The lowest BCUT2D eigenvalue weighted by atomic mass is 9.92. The summed E-state index contributed by atoms with van der Waals surface area (Å²) >= 11 is 0. The topological polar surface area (TPSA) is 81.7 Å². The molecule has 1 aromatic carbocycles. The van der Waals surface area contributed by atoms with Crippen molar-refractivity contribution in [1.29, 1.82) is 0 Å². The zero-order valence-corrected chi connectivity index (χ0v) is 15.3. The second-order valence-corrected chi connectivity index (χ2v) is 7.86. The summed E-state index contributed by atoms with van der Waals surface area (Å²) in [6, 6.07) is 7.06. The summed E-state index contributed by atoms with van der Waals surface area (Å²) in [5.41, 5.74) is -0.216. The number of rotatable bonds is 4. The van der Waals surface area contributed by atoms with Crippen LogP contribution in [0, 0.1) is 5.41 Å². The van der Waals surface area contributed by atoms with Crippen molar-refractivity contribution in [2.75, 3.05) is 6.54 Å². The largest absolute Gasteiger partial charge is 0.460 e. The fourth-order valence-corrected chi connectivity index (χ4v) is 2.39. The molecule has 0 bridgehead atoms. The molecule has 0 saturated heterocycles. The molecule has 136 valence electrons. The molecule has 0 spiro atoms. The van der Waals surface area contributed by atoms with Crippen molar-refractivity contribution in [2.24, 2.45) is 5.41 Å². The first-order chi connectivity index (χ1) is 11.5. The number of cyclic esters (lactones) is 1. The maximum Gasteiger partial charge on any atom is 0.339 e. The summed E-state index contributed by atoms with van der Waals surface area (Å²) in [6.07, 6.45) is -0.572. The van der Waals surface area contributed by atoms with Gasteiger partial charge in [0.25, 0.3) is 5.91 Å². The molecule has 2 rings (SSSR count). The van der Waals surface area contributed by atoms with Gasteiger partial charge in [-0.05, 0) is 46.2 Å². The zero-order valence-electron chi connectivity index (χ0n) is 15.3. The lowest BCUT2D eigenvalue weighted by molar-refractivity contribution is -0.165. The average Bonchev–Trinajstić information content (AvgIpc) is 2.51. The van der Waals surface area contributed by atoms with Gasteiger partial charge in [-0.25, -0.2) is 4.79 Å². The van der Waals surface area contributed by atoms with Gasteiger partial charge >= 0.3 is 11.9 Å². The molecule has 1 aromatic rings. The molecule has 1 aliphatic heterocycles. The lowest BCUT2D eigenvalue weighted by Crippen LogP contribution is -2.47. The highest BCUT2D eigenvalue weighted by Gasteiger charge is 2.35. The Kier molecular flexibility index (Phi) is 5.20. The fraction of sp³-hybridized carbons (Fsp3) is 0.526. The van der Waals surface area contributed by atoms with Gasteiger partial charge in [-0.2, -0.15) is 0 Å². The number of ether oxygens (including phenoxy) is 2. The van der Waals surface area contributed by atoms with E-state index < -0.39 is 35.0 Å². The van der Waals surface area contributed by atoms with Crippen LogP contribution in [0.4, 0.5) is 0 Å². The highest BCUT2D eigenvalue weighted by molar-refractivity contribution is 5.95. The molecule has 1 atom stereocenters. The predicted molar refractivity (Wildman–Crippen MR) is 92.0 cm³/mol. The SMILES string of the molecule is CC(C)(C)OC(=O)C(C)(C)CNC(=O)[C@H]1Cc2ccccc2C(=O)O1. The number of carbonyl (C=O) groups excluding carboxylic acids is 3. The van der Waals surface area contributed by atoms with E-state index in [0.29, 0.717) is 12.0 Å². The molecule has 0 saturated carbocycles. The number of fused-ring (bicyclic) bond motifs is 1. The third-order valence-electron chi connectivity index (χ3n) is 3.84. The van der Waals surface area contributed by atoms with Crippen LogP contribution in [0.2, 0.25) is 0 Å². The first-order valence-electron chi connectivity index (χ1n) is 8.30. The zero-order chi connectivity index (χ0) is 18.8. The smallest absolute Gasteiger partial charge is 0.339 e. The van der Waals surface area contributed by atoms with Crippen molar-refractivity contribution in [2.45, 2.75) is 52.7 Å². The maximum absolute atomic E-state index is 12.4. The minimum absolute atomic E-state index is 0.0937. The second-order valence-electron chi connectivity index (χ2n) is 7.86. The first-order valence-corrected chi connectivity index (χ1v) is 8.30. The van der Waals surface area contributed by atoms with E-state index in [1.807, 2.05) is 6.07 Å². The van der Waals surface area contributed by atoms with Crippen LogP contribution in [-0.4, -0.2) is 36.1 Å². The summed E-state index contributed by atoms with van der Waals surface area (Å²) in [5.74, 6) is -1.32. The molecule has 1 heterocycles. The van der Waals surface area contributed by atoms with Crippen molar-refractivity contribution < 1.29 is 23.9 Å². The molecule has 0 radical (unpaired) electrons. The maximum atomic E-state index is 12.4. The minimum Gasteiger partial charge on any atom is -0.460 e. The van der Waals surface area contributed by atoms with Crippen molar-refractivity contribution in [3.63, 3.8) is 0 Å². The standard InChI is InChI=1S/C19H25NO5/c1-18(2,3)25-17(23)19(4,5)11-20-15(21)14-10-12-8-6-7-9-13(12)16(22)24-14/h6-9,14H,10-11H2,1-5H3,(H,20,21)/t14-/m1/s1. The van der Waals surface area contributed by atoms with E-state index in [1.54, 1.807) is 52.8 Å². The normalized spacial score (nSPS) is 17.3. The first kappa shape index (κ1) is 19.0. The summed E-state index contributed by atoms with van der Waals surface area (Å²) in [4.78, 5) is 36.6. The van der Waals surface area contributed by atoms with Gasteiger partial charge < -0.3 is 14.8 Å². The number of benzene rings is 1. The van der Waals surface area contributed by atoms with E-state index in [2.05, 4.69) is 5.32 Å². The lowest BCUT2D eigenvalue weighted by Gasteiger charge is -2.29. The molecule has 0 aromatic heterocycles. The number of nitrogens with one attached hydrogen (secondary N) is 1. The van der Waals surface area contributed by atoms with E-state index in [0.717, 1.165) is 5.56 Å². The average molecular weight is 347 g/mol. The van der Waals surface area contributed by atoms with Crippen LogP contribution in [0.15, 0.2) is 24.3 Å². The van der Waals surface area contributed by atoms with Crippen LogP contribution in [0.1, 0.15) is 50.5 Å². The van der Waals surface area contributed by atoms with E-state index >= 15 is 0 Å². The highest BCUT2D eigenvalue weighted by atomic mass is 16.6. The van der Waals surface area contributed by atoms with E-state index in [9.17, 15) is 14.4 Å². The van der Waals surface area contributed by atoms with Gasteiger partial charge in [-0.15, -0.1) is 0 Å². The molecule has 6 nitrogen and oxygen atoms in total. The number of esters is 2. The molecular weight excluding hydrogens is 322 g/mol. The Balaban J connectivity index is 1.97. The fourth-order valence-electron chi connectivity index (χ4n) is 2.39. The van der Waals surface area contributed by atoms with E-state index in [-0.39, 0.29) is 6.54 Å². The molecular formula is C19H25NO5. The molecule has 0 fully saturated rings. The number of hydrogen-bond acceptors (Lipinski definition) is 5. The Morgan fingerprint density at radius 1 is 1.20 bits per heavy atom. The Bertz CT molecular complexity index is 687. The molecule has 1 amide bonds. The molecule has 0 aliphatic carbocycles. The Morgan fingerprint density at radius 2 is 1.84 bits per heavy atom. The van der Waals surface area contributed by atoms with Crippen LogP contribution in [0.3, 0.4) is 0 Å². The van der Waals surface area contributed by atoms with Crippen molar-refractivity contribution >= 4 is 17.8 Å². The number of amides is 1. The quantitative estimate of drug-likeness (QED) is 0.845. The predicted octanol–water partition coefficient (Wildman–Crippen LogP) is 2.25. The Hall–Kier alpha value is -2.37. The van der Waals surface area contributed by atoms with Gasteiger partial charge in [0.05, 0.1) is 11.0 Å². The van der Waals surface area contributed by atoms with Crippen molar-refractivity contribution in [3.8, 4) is 0 Å². The molecule has 0 unspecified atom stereocenters. The summed E-state index contributed by atoms with van der Waals surface area (Å²) in [7, 11) is 0. The van der Waals surface area contributed by atoms with Gasteiger partial charge in [0.15, 0.2) is 6.10 Å². The van der Waals surface area contributed by atoms with E-state index in [1.165, 1.54) is 0 Å².